The maximum Gasteiger partial charge on any atom is 0.187 e. The molecular formula is C6H3BrCl2O2S. The Kier molecular flexibility index (Phi) is 3.55. The summed E-state index contributed by atoms with van der Waals surface area (Å²) in [6.45, 7) is 0. The molecule has 0 heterocycles. The Balaban J connectivity index is 3.33. The molecule has 1 aromatic rings. The topological polar surface area (TPSA) is 37.3 Å². The van der Waals surface area contributed by atoms with Gasteiger partial charge in [-0.2, -0.15) is 0 Å². The zero-order valence-corrected chi connectivity index (χ0v) is 9.47. The molecule has 0 aromatic heterocycles. The molecule has 0 saturated carbocycles. The molecule has 0 bridgehead atoms. The van der Waals surface area contributed by atoms with Crippen molar-refractivity contribution in [3.63, 3.8) is 0 Å². The normalized spacial score (nSPS) is 13.0. The smallest absolute Gasteiger partial charge is 0.187 e. The second-order valence-electron chi connectivity index (χ2n) is 1.95. The van der Waals surface area contributed by atoms with E-state index >= 15 is 0 Å². The number of benzene rings is 1. The van der Waals surface area contributed by atoms with E-state index in [0.29, 0.717) is 9.50 Å². The van der Waals surface area contributed by atoms with E-state index < -0.39 is 11.1 Å². The van der Waals surface area contributed by atoms with Crippen LogP contribution in [0.1, 0.15) is 0 Å². The Morgan fingerprint density at radius 2 is 1.83 bits per heavy atom. The van der Waals surface area contributed by atoms with Crippen LogP contribution in [0, 0.1) is 0 Å². The lowest BCUT2D eigenvalue weighted by molar-refractivity contribution is 0.564. The number of hydrogen-bond donors (Lipinski definition) is 1. The van der Waals surface area contributed by atoms with Gasteiger partial charge in [-0.15, -0.1) is 0 Å². The summed E-state index contributed by atoms with van der Waals surface area (Å²) in [6.07, 6.45) is 0. The first-order valence-corrected chi connectivity index (χ1v) is 5.43. The van der Waals surface area contributed by atoms with Crippen molar-refractivity contribution in [3.8, 4) is 0 Å². The highest BCUT2D eigenvalue weighted by Crippen LogP contribution is 2.30. The van der Waals surface area contributed by atoms with Crippen LogP contribution in [0.25, 0.3) is 0 Å². The fourth-order valence-corrected chi connectivity index (χ4v) is 2.37. The highest BCUT2D eigenvalue weighted by atomic mass is 79.9. The molecule has 1 unspecified atom stereocenters. The quantitative estimate of drug-likeness (QED) is 0.636. The molecule has 0 spiro atoms. The summed E-state index contributed by atoms with van der Waals surface area (Å²) in [7, 11) is 0. The molecule has 0 saturated heterocycles. The van der Waals surface area contributed by atoms with Crippen molar-refractivity contribution in [2.45, 2.75) is 4.90 Å². The van der Waals surface area contributed by atoms with Crippen LogP contribution >= 0.6 is 39.1 Å². The largest absolute Gasteiger partial charge is 0.302 e. The minimum absolute atomic E-state index is 0.212. The Morgan fingerprint density at radius 3 is 2.33 bits per heavy atom. The minimum atomic E-state index is -2.05. The maximum atomic E-state index is 10.7. The molecule has 0 radical (unpaired) electrons. The number of rotatable bonds is 1. The monoisotopic (exact) mass is 288 g/mol. The van der Waals surface area contributed by atoms with E-state index in [9.17, 15) is 4.21 Å². The van der Waals surface area contributed by atoms with Crippen molar-refractivity contribution < 1.29 is 8.76 Å². The molecule has 1 N–H and O–H groups in total. The van der Waals surface area contributed by atoms with Crippen molar-refractivity contribution in [2.75, 3.05) is 0 Å². The van der Waals surface area contributed by atoms with E-state index in [1.54, 1.807) is 0 Å². The van der Waals surface area contributed by atoms with Crippen molar-refractivity contribution in [2.24, 2.45) is 0 Å². The van der Waals surface area contributed by atoms with Crippen molar-refractivity contribution in [1.29, 1.82) is 0 Å². The van der Waals surface area contributed by atoms with Gasteiger partial charge in [-0.1, -0.05) is 23.2 Å². The van der Waals surface area contributed by atoms with Crippen LogP contribution in [-0.2, 0) is 11.1 Å². The minimum Gasteiger partial charge on any atom is -0.302 e. The van der Waals surface area contributed by atoms with Crippen molar-refractivity contribution in [3.05, 3.63) is 26.7 Å². The first-order chi connectivity index (χ1) is 5.52. The van der Waals surface area contributed by atoms with Crippen LogP contribution in [0.3, 0.4) is 0 Å². The molecule has 1 rings (SSSR count). The van der Waals surface area contributed by atoms with Crippen LogP contribution < -0.4 is 0 Å². The summed E-state index contributed by atoms with van der Waals surface area (Å²) < 4.78 is 19.9. The Morgan fingerprint density at radius 1 is 1.33 bits per heavy atom. The predicted molar refractivity (Wildman–Crippen MR) is 53.2 cm³/mol. The summed E-state index contributed by atoms with van der Waals surface area (Å²) in [5.74, 6) is 0. The highest BCUT2D eigenvalue weighted by molar-refractivity contribution is 9.10. The van der Waals surface area contributed by atoms with E-state index in [2.05, 4.69) is 15.9 Å². The third-order valence-electron chi connectivity index (χ3n) is 1.16. The molecule has 1 atom stereocenters. The molecule has 1 aromatic carbocycles. The van der Waals surface area contributed by atoms with E-state index in [0.717, 1.165) is 0 Å². The Hall–Kier alpha value is 0.390. The van der Waals surface area contributed by atoms with Crippen LogP contribution in [0.2, 0.25) is 10.0 Å². The van der Waals surface area contributed by atoms with Crippen LogP contribution in [0.4, 0.5) is 0 Å². The lowest BCUT2D eigenvalue weighted by atomic mass is 10.4. The molecule has 0 amide bonds. The van der Waals surface area contributed by atoms with Crippen molar-refractivity contribution in [1.82, 2.24) is 0 Å². The average Bonchev–Trinajstić information content (AvgIpc) is 1.96. The second-order valence-corrected chi connectivity index (χ2v) is 4.55. The van der Waals surface area contributed by atoms with Crippen molar-refractivity contribution >= 4 is 50.2 Å². The van der Waals surface area contributed by atoms with Crippen LogP contribution in [0.5, 0.6) is 0 Å². The first-order valence-electron chi connectivity index (χ1n) is 2.78. The van der Waals surface area contributed by atoms with E-state index in [1.807, 2.05) is 0 Å². The summed E-state index contributed by atoms with van der Waals surface area (Å²) in [5.41, 5.74) is 0. The predicted octanol–water partition coefficient (Wildman–Crippen LogP) is 3.34. The van der Waals surface area contributed by atoms with Gasteiger partial charge >= 0.3 is 0 Å². The van der Waals surface area contributed by atoms with Gasteiger partial charge in [-0.3, -0.25) is 0 Å². The van der Waals surface area contributed by atoms with Gasteiger partial charge in [0.2, 0.25) is 0 Å². The summed E-state index contributed by atoms with van der Waals surface area (Å²) in [4.78, 5) is 0.212. The highest BCUT2D eigenvalue weighted by Gasteiger charge is 2.09. The summed E-state index contributed by atoms with van der Waals surface area (Å²) in [5, 5.41) is 0.606. The van der Waals surface area contributed by atoms with Gasteiger partial charge in [0.1, 0.15) is 0 Å². The Labute approximate surface area is 90.3 Å². The molecule has 0 fully saturated rings. The molecule has 0 aliphatic carbocycles. The summed E-state index contributed by atoms with van der Waals surface area (Å²) in [6, 6.07) is 2.83. The zero-order valence-electron chi connectivity index (χ0n) is 5.55. The van der Waals surface area contributed by atoms with E-state index in [1.165, 1.54) is 12.1 Å². The second kappa shape index (κ2) is 4.07. The number of halogens is 3. The van der Waals surface area contributed by atoms with Gasteiger partial charge in [-0.25, -0.2) is 4.21 Å². The van der Waals surface area contributed by atoms with Crippen LogP contribution in [-0.4, -0.2) is 8.76 Å². The van der Waals surface area contributed by atoms with E-state index in [-0.39, 0.29) is 9.92 Å². The fraction of sp³-hybridized carbons (Fsp3) is 0. The lowest BCUT2D eigenvalue weighted by Gasteiger charge is -2.01. The van der Waals surface area contributed by atoms with Gasteiger partial charge in [0, 0.05) is 4.47 Å². The van der Waals surface area contributed by atoms with Gasteiger partial charge in [0.25, 0.3) is 0 Å². The lowest BCUT2D eigenvalue weighted by Crippen LogP contribution is -1.89. The first kappa shape index (κ1) is 10.5. The van der Waals surface area contributed by atoms with Gasteiger partial charge < -0.3 is 4.55 Å². The van der Waals surface area contributed by atoms with Gasteiger partial charge in [-0.05, 0) is 28.1 Å². The maximum absolute atomic E-state index is 10.7. The number of hydrogen-bond acceptors (Lipinski definition) is 1. The third-order valence-corrected chi connectivity index (χ3v) is 3.52. The van der Waals surface area contributed by atoms with E-state index in [4.69, 9.17) is 27.8 Å². The zero-order chi connectivity index (χ0) is 9.30. The molecule has 6 heteroatoms. The van der Waals surface area contributed by atoms with Gasteiger partial charge in [0.05, 0.1) is 14.9 Å². The SMILES string of the molecule is O=S(O)c1cc(Cl)c(Cl)cc1Br. The molecule has 2 nitrogen and oxygen atoms in total. The molecule has 66 valence electrons. The third kappa shape index (κ3) is 2.20. The average molecular weight is 290 g/mol. The van der Waals surface area contributed by atoms with Crippen LogP contribution in [0.15, 0.2) is 21.5 Å². The van der Waals surface area contributed by atoms with Gasteiger partial charge in [0.15, 0.2) is 11.1 Å². The molecule has 12 heavy (non-hydrogen) atoms. The molecular weight excluding hydrogens is 287 g/mol. The Bertz CT molecular complexity index is 343. The summed E-state index contributed by atoms with van der Waals surface area (Å²) >= 11 is 12.3. The molecule has 0 aliphatic rings. The fourth-order valence-electron chi connectivity index (χ4n) is 0.638. The standard InChI is InChI=1S/C6H3BrCl2O2S/c7-3-1-4(8)5(9)2-6(3)12(10)11/h1-2H,(H,10,11). The molecule has 0 aliphatic heterocycles.